The third-order valence-corrected chi connectivity index (χ3v) is 6.01. The standard InChI is InChI=1S/C25H16BrFN2O4/c26-17-5-8-19-16(10-17)11-20(33-19)23(30)21-22(15-2-1-9-28-12-15)29(25(32)24(21)31)13-14-3-6-18(27)7-4-14/h1-12,22,31H,13H2. The van der Waals surface area contributed by atoms with Gasteiger partial charge in [0.1, 0.15) is 11.4 Å². The van der Waals surface area contributed by atoms with Gasteiger partial charge in [0.15, 0.2) is 11.5 Å². The van der Waals surface area contributed by atoms with Gasteiger partial charge in [-0.2, -0.15) is 0 Å². The molecule has 6 nitrogen and oxygen atoms in total. The van der Waals surface area contributed by atoms with Crippen LogP contribution in [0.15, 0.2) is 93.3 Å². The Kier molecular flexibility index (Phi) is 5.30. The van der Waals surface area contributed by atoms with Crippen LogP contribution in [0.3, 0.4) is 0 Å². The molecule has 1 aliphatic heterocycles. The number of ketones is 1. The van der Waals surface area contributed by atoms with Crippen molar-refractivity contribution in [3.05, 3.63) is 112 Å². The van der Waals surface area contributed by atoms with Crippen molar-refractivity contribution in [2.24, 2.45) is 0 Å². The molecule has 0 saturated heterocycles. The molecule has 1 amide bonds. The summed E-state index contributed by atoms with van der Waals surface area (Å²) in [5, 5.41) is 11.5. The van der Waals surface area contributed by atoms with Gasteiger partial charge >= 0.3 is 0 Å². The summed E-state index contributed by atoms with van der Waals surface area (Å²) >= 11 is 3.39. The van der Waals surface area contributed by atoms with E-state index in [2.05, 4.69) is 20.9 Å². The summed E-state index contributed by atoms with van der Waals surface area (Å²) < 4.78 is 19.9. The van der Waals surface area contributed by atoms with Crippen LogP contribution in [-0.4, -0.2) is 26.7 Å². The van der Waals surface area contributed by atoms with Crippen molar-refractivity contribution in [1.82, 2.24) is 9.88 Å². The number of Topliss-reactive ketones (excluding diaryl/α,β-unsaturated/α-hetero) is 1. The normalized spacial score (nSPS) is 16.1. The molecule has 8 heteroatoms. The highest BCUT2D eigenvalue weighted by Crippen LogP contribution is 2.40. The van der Waals surface area contributed by atoms with Gasteiger partial charge in [-0.1, -0.05) is 34.1 Å². The lowest BCUT2D eigenvalue weighted by atomic mass is 9.96. The van der Waals surface area contributed by atoms with Gasteiger partial charge in [-0.15, -0.1) is 0 Å². The van der Waals surface area contributed by atoms with E-state index in [1.54, 1.807) is 48.7 Å². The number of nitrogens with zero attached hydrogens (tertiary/aromatic N) is 2. The lowest BCUT2D eigenvalue weighted by Crippen LogP contribution is -2.30. The highest BCUT2D eigenvalue weighted by molar-refractivity contribution is 9.10. The molecule has 0 fully saturated rings. The van der Waals surface area contributed by atoms with Crippen molar-refractivity contribution in [2.45, 2.75) is 12.6 Å². The van der Waals surface area contributed by atoms with Crippen molar-refractivity contribution in [2.75, 3.05) is 0 Å². The molecule has 0 saturated carbocycles. The minimum Gasteiger partial charge on any atom is -0.503 e. The third-order valence-electron chi connectivity index (χ3n) is 5.52. The first kappa shape index (κ1) is 21.1. The van der Waals surface area contributed by atoms with Crippen LogP contribution >= 0.6 is 15.9 Å². The van der Waals surface area contributed by atoms with E-state index in [4.69, 9.17) is 4.42 Å². The average Bonchev–Trinajstić information content (AvgIpc) is 3.35. The second-order valence-corrected chi connectivity index (χ2v) is 8.55. The number of halogens is 2. The fourth-order valence-electron chi connectivity index (χ4n) is 3.98. The minimum atomic E-state index is -0.885. The molecule has 164 valence electrons. The molecule has 3 heterocycles. The van der Waals surface area contributed by atoms with Crippen molar-refractivity contribution in [3.63, 3.8) is 0 Å². The zero-order valence-electron chi connectivity index (χ0n) is 17.0. The van der Waals surface area contributed by atoms with Gasteiger partial charge in [-0.05, 0) is 53.6 Å². The molecule has 0 spiro atoms. The average molecular weight is 507 g/mol. The number of aromatic nitrogens is 1. The van der Waals surface area contributed by atoms with E-state index in [9.17, 15) is 19.1 Å². The zero-order valence-corrected chi connectivity index (χ0v) is 18.6. The molecule has 1 unspecified atom stereocenters. The van der Waals surface area contributed by atoms with Gasteiger partial charge in [0.05, 0.1) is 11.6 Å². The Labute approximate surface area is 196 Å². The van der Waals surface area contributed by atoms with Crippen LogP contribution < -0.4 is 0 Å². The maximum Gasteiger partial charge on any atom is 0.290 e. The monoisotopic (exact) mass is 506 g/mol. The number of amides is 1. The summed E-state index contributed by atoms with van der Waals surface area (Å²) in [6.07, 6.45) is 3.12. The molecule has 1 atom stereocenters. The van der Waals surface area contributed by atoms with Gasteiger partial charge in [0.25, 0.3) is 5.91 Å². The van der Waals surface area contributed by atoms with Crippen LogP contribution in [0.1, 0.15) is 27.7 Å². The third kappa shape index (κ3) is 3.82. The van der Waals surface area contributed by atoms with Gasteiger partial charge in [0.2, 0.25) is 5.78 Å². The number of rotatable bonds is 5. The van der Waals surface area contributed by atoms with Gasteiger partial charge in [-0.25, -0.2) is 4.39 Å². The number of hydrogen-bond donors (Lipinski definition) is 1. The maximum atomic E-state index is 13.5. The number of furan rings is 1. The lowest BCUT2D eigenvalue weighted by Gasteiger charge is -2.26. The van der Waals surface area contributed by atoms with Crippen LogP contribution in [0.5, 0.6) is 0 Å². The predicted octanol–water partition coefficient (Wildman–Crippen LogP) is 5.51. The second kappa shape index (κ2) is 8.29. The summed E-state index contributed by atoms with van der Waals surface area (Å²) in [5.41, 5.74) is 1.62. The molecule has 1 N–H and O–H groups in total. The van der Waals surface area contributed by atoms with Crippen molar-refractivity contribution in [3.8, 4) is 0 Å². The molecule has 0 bridgehead atoms. The number of carbonyl (C=O) groups excluding carboxylic acids is 2. The molecule has 5 rings (SSSR count). The van der Waals surface area contributed by atoms with Gasteiger partial charge in [0, 0.05) is 28.8 Å². The molecule has 2 aromatic heterocycles. The highest BCUT2D eigenvalue weighted by Gasteiger charge is 2.44. The quantitative estimate of drug-likeness (QED) is 0.361. The van der Waals surface area contributed by atoms with E-state index in [1.807, 2.05) is 6.07 Å². The Morgan fingerprint density at radius 3 is 2.67 bits per heavy atom. The number of aliphatic hydroxyl groups excluding tert-OH is 1. The number of benzene rings is 2. The first-order valence-corrected chi connectivity index (χ1v) is 10.8. The molecular weight excluding hydrogens is 491 g/mol. The highest BCUT2D eigenvalue weighted by atomic mass is 79.9. The minimum absolute atomic E-state index is 0.00923. The van der Waals surface area contributed by atoms with E-state index < -0.39 is 29.3 Å². The fourth-order valence-corrected chi connectivity index (χ4v) is 4.36. The molecule has 0 radical (unpaired) electrons. The maximum absolute atomic E-state index is 13.5. The summed E-state index contributed by atoms with van der Waals surface area (Å²) in [4.78, 5) is 32.0. The van der Waals surface area contributed by atoms with E-state index in [-0.39, 0.29) is 17.9 Å². The fraction of sp³-hybridized carbons (Fsp3) is 0.0800. The summed E-state index contributed by atoms with van der Waals surface area (Å²) in [6.45, 7) is 0.0621. The van der Waals surface area contributed by atoms with Crippen molar-refractivity contribution >= 4 is 38.6 Å². The van der Waals surface area contributed by atoms with E-state index in [1.165, 1.54) is 23.2 Å². The van der Waals surface area contributed by atoms with Crippen LogP contribution in [0.2, 0.25) is 0 Å². The predicted molar refractivity (Wildman–Crippen MR) is 122 cm³/mol. The number of pyridine rings is 1. The number of hydrogen-bond acceptors (Lipinski definition) is 5. The second-order valence-electron chi connectivity index (χ2n) is 7.63. The Morgan fingerprint density at radius 1 is 1.15 bits per heavy atom. The van der Waals surface area contributed by atoms with E-state index >= 15 is 0 Å². The number of carbonyl (C=O) groups is 2. The van der Waals surface area contributed by atoms with E-state index in [0.717, 1.165) is 4.47 Å². The Bertz CT molecular complexity index is 1410. The molecule has 33 heavy (non-hydrogen) atoms. The van der Waals surface area contributed by atoms with Crippen LogP contribution in [0, 0.1) is 5.82 Å². The zero-order chi connectivity index (χ0) is 23.1. The summed E-state index contributed by atoms with van der Waals surface area (Å²) in [6, 6.07) is 15.1. The van der Waals surface area contributed by atoms with Crippen LogP contribution in [0.4, 0.5) is 4.39 Å². The Hall–Kier alpha value is -3.78. The number of aliphatic hydroxyl groups is 1. The largest absolute Gasteiger partial charge is 0.503 e. The first-order valence-electron chi connectivity index (χ1n) is 10.0. The van der Waals surface area contributed by atoms with Gasteiger partial charge in [-0.3, -0.25) is 14.6 Å². The molecule has 0 aliphatic carbocycles. The molecule has 4 aromatic rings. The number of fused-ring (bicyclic) bond motifs is 1. The topological polar surface area (TPSA) is 83.6 Å². The SMILES string of the molecule is O=C(C1=C(O)C(=O)N(Cc2ccc(F)cc2)C1c1cccnc1)c1cc2cc(Br)ccc2o1. The van der Waals surface area contributed by atoms with Gasteiger partial charge < -0.3 is 14.4 Å². The molecule has 1 aliphatic rings. The van der Waals surface area contributed by atoms with Crippen molar-refractivity contribution < 1.29 is 23.5 Å². The van der Waals surface area contributed by atoms with Crippen LogP contribution in [-0.2, 0) is 11.3 Å². The van der Waals surface area contributed by atoms with E-state index in [0.29, 0.717) is 22.1 Å². The Balaban J connectivity index is 1.58. The van der Waals surface area contributed by atoms with Crippen LogP contribution in [0.25, 0.3) is 11.0 Å². The Morgan fingerprint density at radius 2 is 1.94 bits per heavy atom. The lowest BCUT2D eigenvalue weighted by molar-refractivity contribution is -0.130. The van der Waals surface area contributed by atoms with Crippen molar-refractivity contribution in [1.29, 1.82) is 0 Å². The first-order chi connectivity index (χ1) is 15.9. The molecule has 2 aromatic carbocycles. The summed E-state index contributed by atoms with van der Waals surface area (Å²) in [5.74, 6) is -2.32. The molecular formula is C25H16BrFN2O4. The smallest absolute Gasteiger partial charge is 0.290 e. The summed E-state index contributed by atoms with van der Waals surface area (Å²) in [7, 11) is 0.